The second kappa shape index (κ2) is 8.30. The summed E-state index contributed by atoms with van der Waals surface area (Å²) in [6, 6.07) is 14.7. The van der Waals surface area contributed by atoms with Gasteiger partial charge in [0.05, 0.1) is 23.7 Å². The molecule has 0 saturated heterocycles. The van der Waals surface area contributed by atoms with Crippen LogP contribution in [0, 0.1) is 0 Å². The Balaban J connectivity index is 1.18. The molecule has 2 aromatic heterocycles. The number of aromatic nitrogens is 3. The van der Waals surface area contributed by atoms with E-state index < -0.39 is 5.97 Å². The molecule has 0 aliphatic carbocycles. The number of nitrogens with zero attached hydrogens (tertiary/aromatic N) is 3. The molecule has 0 N–H and O–H groups in total. The van der Waals surface area contributed by atoms with E-state index in [-0.39, 0.29) is 31.2 Å². The molecule has 0 bridgehead atoms. The molecule has 3 heterocycles. The fourth-order valence-electron chi connectivity index (χ4n) is 3.79. The average Bonchev–Trinajstić information content (AvgIpc) is 3.42. The Morgan fingerprint density at radius 1 is 1.22 bits per heavy atom. The van der Waals surface area contributed by atoms with E-state index in [9.17, 15) is 9.59 Å². The van der Waals surface area contributed by atoms with Gasteiger partial charge in [0.1, 0.15) is 24.2 Å². The van der Waals surface area contributed by atoms with Crippen LogP contribution in [0.4, 0.5) is 0 Å². The number of fused-ring (bicyclic) bond motifs is 2. The minimum atomic E-state index is -0.432. The molecule has 0 amide bonds. The number of hydrogen-bond donors (Lipinski definition) is 0. The SMILES string of the molecule is CC1Cc2cc(-c3cc(COC(=O)CCn4cnc5ccccc5c4=O)no3)ccc2O1. The van der Waals surface area contributed by atoms with E-state index in [1.165, 1.54) is 10.9 Å². The summed E-state index contributed by atoms with van der Waals surface area (Å²) >= 11 is 0. The van der Waals surface area contributed by atoms with E-state index in [1.807, 2.05) is 31.2 Å². The van der Waals surface area contributed by atoms with E-state index in [1.54, 1.807) is 24.3 Å². The number of aryl methyl sites for hydroxylation is 1. The topological polar surface area (TPSA) is 96.5 Å². The lowest BCUT2D eigenvalue weighted by atomic mass is 10.1. The summed E-state index contributed by atoms with van der Waals surface area (Å²) in [6.45, 7) is 2.22. The molecule has 1 aliphatic heterocycles. The first-order valence-electron chi connectivity index (χ1n) is 10.4. The highest BCUT2D eigenvalue weighted by molar-refractivity contribution is 5.77. The summed E-state index contributed by atoms with van der Waals surface area (Å²) in [5.41, 5.74) is 3.00. The highest BCUT2D eigenvalue weighted by Crippen LogP contribution is 2.33. The Labute approximate surface area is 183 Å². The first-order chi connectivity index (χ1) is 15.6. The third-order valence-electron chi connectivity index (χ3n) is 5.41. The Morgan fingerprint density at radius 2 is 2.09 bits per heavy atom. The number of carbonyl (C=O) groups excluding carboxylic acids is 1. The van der Waals surface area contributed by atoms with Crippen molar-refractivity contribution in [3.8, 4) is 17.1 Å². The molecule has 32 heavy (non-hydrogen) atoms. The van der Waals surface area contributed by atoms with Crippen molar-refractivity contribution in [3.63, 3.8) is 0 Å². The number of carbonyl (C=O) groups is 1. The van der Waals surface area contributed by atoms with Crippen molar-refractivity contribution in [3.05, 3.63) is 76.5 Å². The lowest BCUT2D eigenvalue weighted by Crippen LogP contribution is -2.22. The summed E-state index contributed by atoms with van der Waals surface area (Å²) in [4.78, 5) is 28.9. The molecule has 162 valence electrons. The van der Waals surface area contributed by atoms with Crippen LogP contribution in [0.2, 0.25) is 0 Å². The molecule has 0 spiro atoms. The van der Waals surface area contributed by atoms with Crippen molar-refractivity contribution < 1.29 is 18.8 Å². The van der Waals surface area contributed by atoms with Crippen LogP contribution in [0.25, 0.3) is 22.2 Å². The van der Waals surface area contributed by atoms with Gasteiger partial charge in [0.2, 0.25) is 0 Å². The Bertz CT molecular complexity index is 1360. The number of para-hydroxylation sites is 1. The molecular formula is C24H21N3O5. The quantitative estimate of drug-likeness (QED) is 0.431. The molecule has 0 radical (unpaired) electrons. The van der Waals surface area contributed by atoms with Gasteiger partial charge in [0.25, 0.3) is 5.56 Å². The molecule has 2 aromatic carbocycles. The first kappa shape index (κ1) is 20.0. The van der Waals surface area contributed by atoms with Gasteiger partial charge in [-0.25, -0.2) is 4.98 Å². The Hall–Kier alpha value is -3.94. The van der Waals surface area contributed by atoms with Crippen molar-refractivity contribution in [2.45, 2.75) is 39.0 Å². The van der Waals surface area contributed by atoms with Crippen LogP contribution in [0.15, 0.2) is 64.2 Å². The number of ether oxygens (including phenoxy) is 2. The van der Waals surface area contributed by atoms with Crippen LogP contribution in [-0.2, 0) is 29.1 Å². The molecule has 4 aromatic rings. The van der Waals surface area contributed by atoms with Crippen LogP contribution in [-0.4, -0.2) is 26.8 Å². The van der Waals surface area contributed by atoms with Crippen molar-refractivity contribution in [2.24, 2.45) is 0 Å². The van der Waals surface area contributed by atoms with Crippen molar-refractivity contribution in [1.82, 2.24) is 14.7 Å². The average molecular weight is 431 g/mol. The van der Waals surface area contributed by atoms with E-state index >= 15 is 0 Å². The summed E-state index contributed by atoms with van der Waals surface area (Å²) in [5, 5.41) is 4.51. The van der Waals surface area contributed by atoms with Gasteiger partial charge in [-0.05, 0) is 42.8 Å². The maximum Gasteiger partial charge on any atom is 0.307 e. The highest BCUT2D eigenvalue weighted by atomic mass is 16.5. The summed E-state index contributed by atoms with van der Waals surface area (Å²) in [7, 11) is 0. The van der Waals surface area contributed by atoms with E-state index in [0.717, 1.165) is 23.3 Å². The summed E-state index contributed by atoms with van der Waals surface area (Å²) in [6.07, 6.45) is 2.53. The van der Waals surface area contributed by atoms with Gasteiger partial charge in [-0.2, -0.15) is 0 Å². The molecule has 8 nitrogen and oxygen atoms in total. The lowest BCUT2D eigenvalue weighted by Gasteiger charge is -2.06. The highest BCUT2D eigenvalue weighted by Gasteiger charge is 2.20. The third-order valence-corrected chi connectivity index (χ3v) is 5.41. The number of esters is 1. The van der Waals surface area contributed by atoms with Gasteiger partial charge < -0.3 is 14.0 Å². The zero-order valence-corrected chi connectivity index (χ0v) is 17.5. The molecule has 1 aliphatic rings. The molecule has 1 unspecified atom stereocenters. The van der Waals surface area contributed by atoms with Gasteiger partial charge in [0, 0.05) is 24.6 Å². The standard InChI is InChI=1S/C24H21N3O5/c1-15-10-17-11-16(6-7-21(17)31-15)22-12-18(26-32-22)13-30-23(28)8-9-27-14-25-20-5-3-2-4-19(20)24(27)29/h2-7,11-12,14-15H,8-10,13H2,1H3. The monoisotopic (exact) mass is 431 g/mol. The van der Waals surface area contributed by atoms with Crippen LogP contribution in [0.3, 0.4) is 0 Å². The van der Waals surface area contributed by atoms with Crippen molar-refractivity contribution >= 4 is 16.9 Å². The molecule has 0 fully saturated rings. The number of rotatable bonds is 6. The molecule has 1 atom stereocenters. The molecule has 8 heteroatoms. The maximum atomic E-state index is 12.5. The minimum Gasteiger partial charge on any atom is -0.490 e. The van der Waals surface area contributed by atoms with Gasteiger partial charge >= 0.3 is 5.97 Å². The zero-order valence-electron chi connectivity index (χ0n) is 17.5. The van der Waals surface area contributed by atoms with Crippen LogP contribution in [0.1, 0.15) is 24.6 Å². The number of hydrogen-bond acceptors (Lipinski definition) is 7. The normalized spacial score (nSPS) is 14.8. The van der Waals surface area contributed by atoms with Crippen LogP contribution < -0.4 is 10.3 Å². The van der Waals surface area contributed by atoms with Crippen molar-refractivity contribution in [2.75, 3.05) is 0 Å². The number of benzene rings is 2. The smallest absolute Gasteiger partial charge is 0.307 e. The fourth-order valence-corrected chi connectivity index (χ4v) is 3.79. The third kappa shape index (κ3) is 3.99. The van der Waals surface area contributed by atoms with E-state index in [4.69, 9.17) is 14.0 Å². The second-order valence-electron chi connectivity index (χ2n) is 7.81. The Morgan fingerprint density at radius 3 is 3.00 bits per heavy atom. The largest absolute Gasteiger partial charge is 0.490 e. The summed E-state index contributed by atoms with van der Waals surface area (Å²) < 4.78 is 17.9. The van der Waals surface area contributed by atoms with Crippen molar-refractivity contribution in [1.29, 1.82) is 0 Å². The molecular weight excluding hydrogens is 410 g/mol. The van der Waals surface area contributed by atoms with Gasteiger partial charge in [-0.3, -0.25) is 14.2 Å². The predicted molar refractivity (Wildman–Crippen MR) is 116 cm³/mol. The predicted octanol–water partition coefficient (Wildman–Crippen LogP) is 3.51. The van der Waals surface area contributed by atoms with Gasteiger partial charge in [-0.15, -0.1) is 0 Å². The Kier molecular flexibility index (Phi) is 5.18. The molecule has 5 rings (SSSR count). The van der Waals surface area contributed by atoms with Gasteiger partial charge in [-0.1, -0.05) is 17.3 Å². The van der Waals surface area contributed by atoms with E-state index in [2.05, 4.69) is 10.1 Å². The minimum absolute atomic E-state index is 0.00170. The first-order valence-corrected chi connectivity index (χ1v) is 10.4. The summed E-state index contributed by atoms with van der Waals surface area (Å²) in [5.74, 6) is 1.07. The zero-order chi connectivity index (χ0) is 22.1. The molecule has 0 saturated carbocycles. The lowest BCUT2D eigenvalue weighted by molar-refractivity contribution is -0.145. The van der Waals surface area contributed by atoms with Crippen LogP contribution >= 0.6 is 0 Å². The van der Waals surface area contributed by atoms with Crippen LogP contribution in [0.5, 0.6) is 5.75 Å². The second-order valence-corrected chi connectivity index (χ2v) is 7.81. The van der Waals surface area contributed by atoms with Gasteiger partial charge in [0.15, 0.2) is 5.76 Å². The van der Waals surface area contributed by atoms with E-state index in [0.29, 0.717) is 22.4 Å². The fraction of sp³-hybridized carbons (Fsp3) is 0.250. The maximum absolute atomic E-state index is 12.5.